The number of rotatable bonds is 10. The molecule has 0 spiro atoms. The van der Waals surface area contributed by atoms with E-state index in [1.807, 2.05) is 49.5 Å². The molecule has 1 N–H and O–H groups in total. The van der Waals surface area contributed by atoms with Crippen LogP contribution >= 0.6 is 0 Å². The Labute approximate surface area is 149 Å². The third-order valence-corrected chi connectivity index (χ3v) is 3.84. The van der Waals surface area contributed by atoms with Crippen LogP contribution in [0.4, 0.5) is 5.69 Å². The van der Waals surface area contributed by atoms with E-state index in [1.165, 1.54) is 0 Å². The lowest BCUT2D eigenvalue weighted by Gasteiger charge is -2.19. The van der Waals surface area contributed by atoms with Crippen LogP contribution < -0.4 is 19.7 Å². The van der Waals surface area contributed by atoms with Crippen molar-refractivity contribution >= 4 is 11.6 Å². The summed E-state index contributed by atoms with van der Waals surface area (Å²) >= 11 is 0. The Morgan fingerprint density at radius 2 is 1.72 bits per heavy atom. The summed E-state index contributed by atoms with van der Waals surface area (Å²) in [5, 5.41) is 2.94. The van der Waals surface area contributed by atoms with Gasteiger partial charge in [-0.05, 0) is 42.8 Å². The van der Waals surface area contributed by atoms with Crippen molar-refractivity contribution in [3.05, 3.63) is 54.6 Å². The number of hydrogen-bond acceptors (Lipinski definition) is 4. The summed E-state index contributed by atoms with van der Waals surface area (Å²) in [6.45, 7) is 1.92. The summed E-state index contributed by atoms with van der Waals surface area (Å²) in [6.07, 6.45) is 1.15. The Kier molecular flexibility index (Phi) is 7.63. The normalized spacial score (nSPS) is 10.2. The summed E-state index contributed by atoms with van der Waals surface area (Å²) in [5.74, 6) is 1.64. The van der Waals surface area contributed by atoms with Crippen molar-refractivity contribution in [3.8, 4) is 11.5 Å². The molecule has 0 heterocycles. The molecule has 2 aromatic rings. The van der Waals surface area contributed by atoms with Gasteiger partial charge >= 0.3 is 0 Å². The number of ether oxygens (including phenoxy) is 2. The van der Waals surface area contributed by atoms with E-state index in [4.69, 9.17) is 9.47 Å². The number of likely N-dealkylation sites (N-methyl/N-ethyl adjacent to an activating group) is 1. The SMILES string of the molecule is COc1ccc(OCCCC(=O)NCCN(C)c2ccccc2)cc1. The second kappa shape index (κ2) is 10.2. The second-order valence-electron chi connectivity index (χ2n) is 5.73. The predicted molar refractivity (Wildman–Crippen MR) is 100 cm³/mol. The molecule has 25 heavy (non-hydrogen) atoms. The van der Waals surface area contributed by atoms with Crippen LogP contribution in [0.25, 0.3) is 0 Å². The number of amides is 1. The fraction of sp³-hybridized carbons (Fsp3) is 0.350. The Bertz CT molecular complexity index is 629. The summed E-state index contributed by atoms with van der Waals surface area (Å²) in [7, 11) is 3.65. The molecule has 1 amide bonds. The van der Waals surface area contributed by atoms with E-state index < -0.39 is 0 Å². The highest BCUT2D eigenvalue weighted by Gasteiger charge is 2.03. The molecule has 0 unspecified atom stereocenters. The van der Waals surface area contributed by atoms with Gasteiger partial charge in [0.15, 0.2) is 0 Å². The number of carbonyl (C=O) groups is 1. The highest BCUT2D eigenvalue weighted by molar-refractivity contribution is 5.75. The number of nitrogens with one attached hydrogen (secondary N) is 1. The van der Waals surface area contributed by atoms with E-state index in [1.54, 1.807) is 7.11 Å². The fourth-order valence-corrected chi connectivity index (χ4v) is 2.36. The molecule has 0 saturated carbocycles. The number of anilines is 1. The van der Waals surface area contributed by atoms with Crippen LogP contribution in [0.2, 0.25) is 0 Å². The minimum Gasteiger partial charge on any atom is -0.497 e. The van der Waals surface area contributed by atoms with Crippen molar-refractivity contribution in [2.75, 3.05) is 38.8 Å². The van der Waals surface area contributed by atoms with Gasteiger partial charge in [0.25, 0.3) is 0 Å². The molecule has 134 valence electrons. The zero-order valence-corrected chi connectivity index (χ0v) is 14.9. The molecule has 0 aromatic heterocycles. The molecule has 5 heteroatoms. The van der Waals surface area contributed by atoms with Gasteiger partial charge in [-0.2, -0.15) is 0 Å². The van der Waals surface area contributed by atoms with Gasteiger partial charge in [-0.15, -0.1) is 0 Å². The predicted octanol–water partition coefficient (Wildman–Crippen LogP) is 3.11. The van der Waals surface area contributed by atoms with Gasteiger partial charge in [0, 0.05) is 32.2 Å². The first kappa shape index (κ1) is 18.6. The lowest BCUT2D eigenvalue weighted by molar-refractivity contribution is -0.121. The largest absolute Gasteiger partial charge is 0.497 e. The molecule has 5 nitrogen and oxygen atoms in total. The van der Waals surface area contributed by atoms with Crippen LogP contribution in [0.1, 0.15) is 12.8 Å². The molecular formula is C20H26N2O3. The van der Waals surface area contributed by atoms with Crippen LogP contribution in [0.3, 0.4) is 0 Å². The molecule has 0 radical (unpaired) electrons. The van der Waals surface area contributed by atoms with E-state index in [9.17, 15) is 4.79 Å². The third kappa shape index (κ3) is 6.75. The lowest BCUT2D eigenvalue weighted by Crippen LogP contribution is -2.33. The summed E-state index contributed by atoms with van der Waals surface area (Å²) in [5.41, 5.74) is 1.14. The van der Waals surface area contributed by atoms with Gasteiger partial charge in [-0.25, -0.2) is 0 Å². The summed E-state index contributed by atoms with van der Waals surface area (Å²) in [4.78, 5) is 14.0. The van der Waals surface area contributed by atoms with Gasteiger partial charge in [0.1, 0.15) is 11.5 Å². The topological polar surface area (TPSA) is 50.8 Å². The van der Waals surface area contributed by atoms with Crippen molar-refractivity contribution in [1.29, 1.82) is 0 Å². The molecule has 0 fully saturated rings. The second-order valence-corrected chi connectivity index (χ2v) is 5.73. The Morgan fingerprint density at radius 1 is 1.04 bits per heavy atom. The first-order chi connectivity index (χ1) is 12.2. The van der Waals surface area contributed by atoms with Crippen molar-refractivity contribution in [1.82, 2.24) is 5.32 Å². The molecule has 2 aromatic carbocycles. The zero-order valence-electron chi connectivity index (χ0n) is 14.9. The van der Waals surface area contributed by atoms with E-state index in [0.717, 1.165) is 23.7 Å². The first-order valence-corrected chi connectivity index (χ1v) is 8.49. The Balaban J connectivity index is 1.56. The summed E-state index contributed by atoms with van der Waals surface area (Å²) in [6, 6.07) is 17.5. The smallest absolute Gasteiger partial charge is 0.220 e. The minimum atomic E-state index is 0.0554. The van der Waals surface area contributed by atoms with Crippen molar-refractivity contribution in [3.63, 3.8) is 0 Å². The molecule has 0 aliphatic rings. The average Bonchev–Trinajstić information content (AvgIpc) is 2.66. The Morgan fingerprint density at radius 3 is 2.40 bits per heavy atom. The van der Waals surface area contributed by atoms with Gasteiger partial charge in [0.05, 0.1) is 13.7 Å². The maximum Gasteiger partial charge on any atom is 0.220 e. The van der Waals surface area contributed by atoms with Gasteiger partial charge in [-0.3, -0.25) is 4.79 Å². The summed E-state index contributed by atoms with van der Waals surface area (Å²) < 4.78 is 10.7. The van der Waals surface area contributed by atoms with Crippen LogP contribution in [0, 0.1) is 0 Å². The molecular weight excluding hydrogens is 316 g/mol. The van der Waals surface area contributed by atoms with E-state index in [0.29, 0.717) is 26.0 Å². The lowest BCUT2D eigenvalue weighted by atomic mass is 10.3. The van der Waals surface area contributed by atoms with E-state index in [-0.39, 0.29) is 5.91 Å². The number of para-hydroxylation sites is 1. The number of benzene rings is 2. The molecule has 0 bridgehead atoms. The van der Waals surface area contributed by atoms with E-state index in [2.05, 4.69) is 22.3 Å². The average molecular weight is 342 g/mol. The van der Waals surface area contributed by atoms with E-state index >= 15 is 0 Å². The molecule has 0 atom stereocenters. The van der Waals surface area contributed by atoms with Crippen molar-refractivity contribution < 1.29 is 14.3 Å². The number of carbonyl (C=O) groups excluding carboxylic acids is 1. The minimum absolute atomic E-state index is 0.0554. The number of nitrogens with zero attached hydrogens (tertiary/aromatic N) is 1. The molecule has 2 rings (SSSR count). The van der Waals surface area contributed by atoms with Crippen LogP contribution in [0.5, 0.6) is 11.5 Å². The first-order valence-electron chi connectivity index (χ1n) is 8.49. The Hall–Kier alpha value is -2.69. The monoisotopic (exact) mass is 342 g/mol. The van der Waals surface area contributed by atoms with Crippen LogP contribution in [-0.4, -0.2) is 39.8 Å². The fourth-order valence-electron chi connectivity index (χ4n) is 2.36. The standard InChI is InChI=1S/C20H26N2O3/c1-22(17-7-4-3-5-8-17)15-14-21-20(23)9-6-16-25-19-12-10-18(24-2)11-13-19/h3-5,7-8,10-13H,6,9,14-16H2,1-2H3,(H,21,23). The zero-order chi connectivity index (χ0) is 17.9. The highest BCUT2D eigenvalue weighted by atomic mass is 16.5. The quantitative estimate of drug-likeness (QED) is 0.674. The van der Waals surface area contributed by atoms with Gasteiger partial charge in [0.2, 0.25) is 5.91 Å². The van der Waals surface area contributed by atoms with Crippen molar-refractivity contribution in [2.24, 2.45) is 0 Å². The third-order valence-electron chi connectivity index (χ3n) is 3.84. The van der Waals surface area contributed by atoms with Gasteiger partial charge < -0.3 is 19.7 Å². The molecule has 0 aliphatic heterocycles. The molecule has 0 saturated heterocycles. The van der Waals surface area contributed by atoms with Gasteiger partial charge in [-0.1, -0.05) is 18.2 Å². The maximum absolute atomic E-state index is 11.9. The number of methoxy groups -OCH3 is 1. The number of hydrogen-bond donors (Lipinski definition) is 1. The van der Waals surface area contributed by atoms with Crippen LogP contribution in [0.15, 0.2) is 54.6 Å². The molecule has 0 aliphatic carbocycles. The maximum atomic E-state index is 11.9. The van der Waals surface area contributed by atoms with Crippen LogP contribution in [-0.2, 0) is 4.79 Å². The van der Waals surface area contributed by atoms with Crippen molar-refractivity contribution in [2.45, 2.75) is 12.8 Å². The highest BCUT2D eigenvalue weighted by Crippen LogP contribution is 2.17.